The number of benzene rings is 1. The number of carbonyl (C=O) groups is 2. The fourth-order valence-electron chi connectivity index (χ4n) is 2.66. The highest BCUT2D eigenvalue weighted by molar-refractivity contribution is 6.31. The summed E-state index contributed by atoms with van der Waals surface area (Å²) in [5.74, 6) is 0.622. The third kappa shape index (κ3) is 4.85. The smallest absolute Gasteiger partial charge is 0.238 e. The third-order valence-electron chi connectivity index (χ3n) is 3.98. The Morgan fingerprint density at radius 2 is 1.92 bits per heavy atom. The quantitative estimate of drug-likeness (QED) is 0.880. The summed E-state index contributed by atoms with van der Waals surface area (Å²) in [6, 6.07) is 5.09. The minimum Gasteiger partial charge on any atom is -0.495 e. The first-order valence-electron chi connectivity index (χ1n) is 8.05. The van der Waals surface area contributed by atoms with Gasteiger partial charge in [-0.25, -0.2) is 0 Å². The molecule has 2 amide bonds. The van der Waals surface area contributed by atoms with E-state index in [2.05, 4.69) is 5.32 Å². The number of piperazine rings is 1. The maximum absolute atomic E-state index is 12.3. The molecule has 132 valence electrons. The van der Waals surface area contributed by atoms with Gasteiger partial charge in [-0.2, -0.15) is 0 Å². The minimum absolute atomic E-state index is 0.00939. The number of hydrogen-bond donors (Lipinski definition) is 1. The lowest BCUT2D eigenvalue weighted by atomic mass is 10.1. The molecule has 1 aromatic rings. The Kier molecular flexibility index (Phi) is 6.45. The average molecular weight is 354 g/mol. The summed E-state index contributed by atoms with van der Waals surface area (Å²) in [6.45, 7) is 6.78. The summed E-state index contributed by atoms with van der Waals surface area (Å²) in [7, 11) is 1.55. The molecule has 0 spiro atoms. The first-order valence-corrected chi connectivity index (χ1v) is 8.43. The fraction of sp³-hybridized carbons (Fsp3) is 0.529. The summed E-state index contributed by atoms with van der Waals surface area (Å²) in [5, 5.41) is 3.37. The number of hydrogen-bond acceptors (Lipinski definition) is 4. The van der Waals surface area contributed by atoms with E-state index in [-0.39, 0.29) is 24.3 Å². The zero-order valence-electron chi connectivity index (χ0n) is 14.3. The van der Waals surface area contributed by atoms with E-state index >= 15 is 0 Å². The molecule has 0 aliphatic carbocycles. The number of halogens is 1. The summed E-state index contributed by atoms with van der Waals surface area (Å²) in [5.41, 5.74) is 0.559. The van der Waals surface area contributed by atoms with Crippen LogP contribution in [0.2, 0.25) is 5.02 Å². The predicted octanol–water partition coefficient (Wildman–Crippen LogP) is 2.09. The maximum atomic E-state index is 12.3. The van der Waals surface area contributed by atoms with Gasteiger partial charge in [-0.15, -0.1) is 0 Å². The number of nitrogens with one attached hydrogen (secondary N) is 1. The zero-order valence-corrected chi connectivity index (χ0v) is 15.1. The first kappa shape index (κ1) is 18.5. The number of anilines is 1. The lowest BCUT2D eigenvalue weighted by Crippen LogP contribution is -2.51. The Hall–Kier alpha value is -1.79. The summed E-state index contributed by atoms with van der Waals surface area (Å²) >= 11 is 5.97. The largest absolute Gasteiger partial charge is 0.495 e. The monoisotopic (exact) mass is 353 g/mol. The second-order valence-corrected chi connectivity index (χ2v) is 6.59. The van der Waals surface area contributed by atoms with Crippen LogP contribution in [0.4, 0.5) is 5.69 Å². The lowest BCUT2D eigenvalue weighted by Gasteiger charge is -2.35. The molecule has 1 N–H and O–H groups in total. The van der Waals surface area contributed by atoms with Gasteiger partial charge in [-0.1, -0.05) is 25.4 Å². The molecule has 0 atom stereocenters. The highest BCUT2D eigenvalue weighted by Crippen LogP contribution is 2.27. The Bertz CT molecular complexity index is 599. The van der Waals surface area contributed by atoms with Crippen molar-refractivity contribution in [1.82, 2.24) is 9.80 Å². The Morgan fingerprint density at radius 1 is 1.25 bits per heavy atom. The van der Waals surface area contributed by atoms with Gasteiger partial charge in [0.2, 0.25) is 11.8 Å². The van der Waals surface area contributed by atoms with Crippen LogP contribution in [0.25, 0.3) is 0 Å². The van der Waals surface area contributed by atoms with E-state index in [0.717, 1.165) is 0 Å². The topological polar surface area (TPSA) is 61.9 Å². The van der Waals surface area contributed by atoms with Gasteiger partial charge in [0.25, 0.3) is 0 Å². The molecule has 1 aliphatic heterocycles. The van der Waals surface area contributed by atoms with E-state index in [4.69, 9.17) is 16.3 Å². The lowest BCUT2D eigenvalue weighted by molar-refractivity contribution is -0.136. The standard InChI is InChI=1S/C17H24ClN3O3/c1-12(2)17(23)21-8-6-20(7-9-21)11-16(22)19-14-10-13(18)4-5-15(14)24-3/h4-5,10,12H,6-9,11H2,1-3H3,(H,19,22). The van der Waals surface area contributed by atoms with Gasteiger partial charge in [0.1, 0.15) is 5.75 Å². The normalized spacial score (nSPS) is 15.5. The number of nitrogens with zero attached hydrogens (tertiary/aromatic N) is 2. The molecule has 7 heteroatoms. The molecule has 1 aliphatic rings. The summed E-state index contributed by atoms with van der Waals surface area (Å²) in [4.78, 5) is 28.1. The number of amides is 2. The van der Waals surface area contributed by atoms with Gasteiger partial charge in [-0.3, -0.25) is 14.5 Å². The highest BCUT2D eigenvalue weighted by Gasteiger charge is 2.24. The van der Waals surface area contributed by atoms with Crippen molar-refractivity contribution in [1.29, 1.82) is 0 Å². The molecule has 0 aromatic heterocycles. The highest BCUT2D eigenvalue weighted by atomic mass is 35.5. The van der Waals surface area contributed by atoms with Gasteiger partial charge in [0, 0.05) is 37.1 Å². The number of ether oxygens (including phenoxy) is 1. The van der Waals surface area contributed by atoms with E-state index in [1.54, 1.807) is 25.3 Å². The van der Waals surface area contributed by atoms with Crippen LogP contribution < -0.4 is 10.1 Å². The molecule has 24 heavy (non-hydrogen) atoms. The van der Waals surface area contributed by atoms with E-state index < -0.39 is 0 Å². The average Bonchev–Trinajstić information content (AvgIpc) is 2.55. The van der Waals surface area contributed by atoms with Crippen molar-refractivity contribution < 1.29 is 14.3 Å². The second-order valence-electron chi connectivity index (χ2n) is 6.15. The first-order chi connectivity index (χ1) is 11.4. The molecule has 0 radical (unpaired) electrons. The van der Waals surface area contributed by atoms with Crippen molar-refractivity contribution in [3.8, 4) is 5.75 Å². The Morgan fingerprint density at radius 3 is 2.50 bits per heavy atom. The van der Waals surface area contributed by atoms with Gasteiger partial charge < -0.3 is 15.0 Å². The molecule has 0 saturated carbocycles. The van der Waals surface area contributed by atoms with Crippen molar-refractivity contribution in [2.45, 2.75) is 13.8 Å². The molecule has 6 nitrogen and oxygen atoms in total. The van der Waals surface area contributed by atoms with Crippen molar-refractivity contribution in [2.75, 3.05) is 45.2 Å². The van der Waals surface area contributed by atoms with Gasteiger partial charge in [0.05, 0.1) is 19.3 Å². The van der Waals surface area contributed by atoms with Crippen molar-refractivity contribution in [2.24, 2.45) is 5.92 Å². The molecular weight excluding hydrogens is 330 g/mol. The molecule has 0 unspecified atom stereocenters. The van der Waals surface area contributed by atoms with E-state index in [0.29, 0.717) is 42.6 Å². The van der Waals surface area contributed by atoms with Gasteiger partial charge in [-0.05, 0) is 18.2 Å². The summed E-state index contributed by atoms with van der Waals surface area (Å²) in [6.07, 6.45) is 0. The Labute approximate surface area is 147 Å². The van der Waals surface area contributed by atoms with Crippen LogP contribution in [0.1, 0.15) is 13.8 Å². The molecule has 1 saturated heterocycles. The van der Waals surface area contributed by atoms with Crippen LogP contribution in [-0.4, -0.2) is 61.4 Å². The van der Waals surface area contributed by atoms with Crippen molar-refractivity contribution in [3.63, 3.8) is 0 Å². The van der Waals surface area contributed by atoms with Crippen LogP contribution in [-0.2, 0) is 9.59 Å². The molecule has 0 bridgehead atoms. The third-order valence-corrected chi connectivity index (χ3v) is 4.22. The van der Waals surface area contributed by atoms with Crippen molar-refractivity contribution in [3.05, 3.63) is 23.2 Å². The SMILES string of the molecule is COc1ccc(Cl)cc1NC(=O)CN1CCN(C(=O)C(C)C)CC1. The summed E-state index contributed by atoms with van der Waals surface area (Å²) < 4.78 is 5.22. The maximum Gasteiger partial charge on any atom is 0.238 e. The second kappa shape index (κ2) is 8.35. The van der Waals surface area contributed by atoms with E-state index in [9.17, 15) is 9.59 Å². The van der Waals surface area contributed by atoms with Crippen LogP contribution in [0, 0.1) is 5.92 Å². The number of methoxy groups -OCH3 is 1. The molecule has 1 fully saturated rings. The van der Waals surface area contributed by atoms with E-state index in [1.165, 1.54) is 0 Å². The van der Waals surface area contributed by atoms with Gasteiger partial charge in [0.15, 0.2) is 0 Å². The molecule has 2 rings (SSSR count). The zero-order chi connectivity index (χ0) is 17.7. The molecule has 1 heterocycles. The van der Waals surface area contributed by atoms with Gasteiger partial charge >= 0.3 is 0 Å². The predicted molar refractivity (Wildman–Crippen MR) is 94.5 cm³/mol. The van der Waals surface area contributed by atoms with Crippen LogP contribution >= 0.6 is 11.6 Å². The molecular formula is C17H24ClN3O3. The van der Waals surface area contributed by atoms with E-state index in [1.807, 2.05) is 23.6 Å². The van der Waals surface area contributed by atoms with Crippen molar-refractivity contribution >= 4 is 29.1 Å². The number of carbonyl (C=O) groups excluding carboxylic acids is 2. The molecule has 1 aromatic carbocycles. The minimum atomic E-state index is -0.126. The van der Waals surface area contributed by atoms with Crippen LogP contribution in [0.3, 0.4) is 0 Å². The Balaban J connectivity index is 1.86. The number of rotatable bonds is 5. The fourth-order valence-corrected chi connectivity index (χ4v) is 2.83. The van der Waals surface area contributed by atoms with Crippen LogP contribution in [0.5, 0.6) is 5.75 Å². The van der Waals surface area contributed by atoms with Crippen LogP contribution in [0.15, 0.2) is 18.2 Å².